The van der Waals surface area contributed by atoms with Gasteiger partial charge in [0, 0.05) is 30.1 Å². The molecular formula is C24H28N2O6S2. The van der Waals surface area contributed by atoms with Crippen LogP contribution in [-0.2, 0) is 9.84 Å². The molecule has 0 aliphatic carbocycles. The molecule has 1 fully saturated rings. The average molecular weight is 505 g/mol. The smallest absolute Gasteiger partial charge is 0.185 e. The van der Waals surface area contributed by atoms with Gasteiger partial charge in [0.15, 0.2) is 15.0 Å². The highest BCUT2D eigenvalue weighted by molar-refractivity contribution is 7.92. The number of hydrogen-bond donors (Lipinski definition) is 0. The number of nitrogens with zero attached hydrogens (tertiary/aromatic N) is 2. The Bertz CT molecular complexity index is 1250. The van der Waals surface area contributed by atoms with Gasteiger partial charge in [-0.25, -0.2) is 13.4 Å². The molecule has 1 aliphatic heterocycles. The molecule has 8 nitrogen and oxygen atoms in total. The summed E-state index contributed by atoms with van der Waals surface area (Å²) in [6.07, 6.45) is 1.02. The Morgan fingerprint density at radius 1 is 0.882 bits per heavy atom. The first-order valence-electron chi connectivity index (χ1n) is 10.8. The minimum Gasteiger partial charge on any atom is -0.497 e. The number of aromatic nitrogens is 1. The second-order valence-electron chi connectivity index (χ2n) is 7.83. The lowest BCUT2D eigenvalue weighted by molar-refractivity contribution is 0.385. The minimum atomic E-state index is -3.54. The van der Waals surface area contributed by atoms with Crippen LogP contribution in [0.15, 0.2) is 46.7 Å². The first kappa shape index (κ1) is 24.2. The average Bonchev–Trinajstić information content (AvgIpc) is 3.38. The zero-order valence-electron chi connectivity index (χ0n) is 19.6. The van der Waals surface area contributed by atoms with Crippen molar-refractivity contribution in [1.29, 1.82) is 0 Å². The van der Waals surface area contributed by atoms with Gasteiger partial charge in [-0.3, -0.25) is 0 Å². The van der Waals surface area contributed by atoms with Crippen molar-refractivity contribution >= 4 is 26.3 Å². The van der Waals surface area contributed by atoms with Gasteiger partial charge in [0.05, 0.1) is 39.4 Å². The standard InChI is InChI=1S/C24H28N2O6S2/c1-29-16-5-7-21(31-3)19(13-16)20-15-33-24(25-20)26-11-9-18(10-12-26)34(27,28)23-8-6-17(30-2)14-22(23)32-4/h5-8,13-15,18H,9-12H2,1-4H3. The molecule has 3 aromatic rings. The Balaban J connectivity index is 1.50. The molecule has 1 aliphatic rings. The Morgan fingerprint density at radius 3 is 2.18 bits per heavy atom. The summed E-state index contributed by atoms with van der Waals surface area (Å²) in [6.45, 7) is 1.20. The molecular weight excluding hydrogens is 476 g/mol. The van der Waals surface area contributed by atoms with E-state index in [9.17, 15) is 8.42 Å². The predicted octanol–water partition coefficient (Wildman–Crippen LogP) is 4.29. The van der Waals surface area contributed by atoms with E-state index in [0.29, 0.717) is 37.4 Å². The van der Waals surface area contributed by atoms with Crippen LogP contribution >= 0.6 is 11.3 Å². The van der Waals surface area contributed by atoms with Gasteiger partial charge in [-0.2, -0.15) is 0 Å². The fourth-order valence-corrected chi connectivity index (χ4v) is 6.84. The van der Waals surface area contributed by atoms with Crippen LogP contribution in [0.4, 0.5) is 5.13 Å². The maximum atomic E-state index is 13.4. The molecule has 2 heterocycles. The van der Waals surface area contributed by atoms with Gasteiger partial charge >= 0.3 is 0 Å². The Kier molecular flexibility index (Phi) is 7.18. The van der Waals surface area contributed by atoms with Crippen molar-refractivity contribution in [2.24, 2.45) is 0 Å². The quantitative estimate of drug-likeness (QED) is 0.449. The molecule has 34 heavy (non-hydrogen) atoms. The predicted molar refractivity (Wildman–Crippen MR) is 133 cm³/mol. The third kappa shape index (κ3) is 4.65. The molecule has 1 saturated heterocycles. The first-order valence-corrected chi connectivity index (χ1v) is 13.2. The van der Waals surface area contributed by atoms with E-state index in [1.165, 1.54) is 25.6 Å². The number of benzene rings is 2. The van der Waals surface area contributed by atoms with Crippen LogP contribution in [0.1, 0.15) is 12.8 Å². The lowest BCUT2D eigenvalue weighted by atomic mass is 10.1. The van der Waals surface area contributed by atoms with Crippen LogP contribution in [0.3, 0.4) is 0 Å². The molecule has 10 heteroatoms. The van der Waals surface area contributed by atoms with Crippen molar-refractivity contribution in [2.75, 3.05) is 46.4 Å². The van der Waals surface area contributed by atoms with Gasteiger partial charge in [0.2, 0.25) is 0 Å². The van der Waals surface area contributed by atoms with E-state index in [4.69, 9.17) is 23.9 Å². The van der Waals surface area contributed by atoms with E-state index in [1.54, 1.807) is 32.4 Å². The van der Waals surface area contributed by atoms with E-state index >= 15 is 0 Å². The van der Waals surface area contributed by atoms with Crippen molar-refractivity contribution in [3.63, 3.8) is 0 Å². The van der Waals surface area contributed by atoms with Crippen molar-refractivity contribution in [1.82, 2.24) is 4.98 Å². The van der Waals surface area contributed by atoms with E-state index in [1.807, 2.05) is 23.6 Å². The largest absolute Gasteiger partial charge is 0.497 e. The maximum Gasteiger partial charge on any atom is 0.185 e. The SMILES string of the molecule is COc1ccc(S(=O)(=O)C2CCN(c3nc(-c4cc(OC)ccc4OC)cs3)CC2)c(OC)c1. The summed E-state index contributed by atoms with van der Waals surface area (Å²) in [5.41, 5.74) is 1.65. The molecule has 0 N–H and O–H groups in total. The van der Waals surface area contributed by atoms with Crippen LogP contribution in [-0.4, -0.2) is 60.2 Å². The summed E-state index contributed by atoms with van der Waals surface area (Å²) in [6, 6.07) is 10.4. The van der Waals surface area contributed by atoms with E-state index < -0.39 is 15.1 Å². The van der Waals surface area contributed by atoms with Crippen molar-refractivity contribution in [3.8, 4) is 34.3 Å². The number of hydrogen-bond acceptors (Lipinski definition) is 9. The van der Waals surface area contributed by atoms with Crippen molar-refractivity contribution < 1.29 is 27.4 Å². The van der Waals surface area contributed by atoms with Crippen LogP contribution in [0.25, 0.3) is 11.3 Å². The Labute approximate surface area is 204 Å². The topological polar surface area (TPSA) is 87.2 Å². The number of methoxy groups -OCH3 is 4. The van der Waals surface area contributed by atoms with Gasteiger partial charge in [0.25, 0.3) is 0 Å². The monoisotopic (exact) mass is 504 g/mol. The third-order valence-corrected chi connectivity index (χ3v) is 9.20. The summed E-state index contributed by atoms with van der Waals surface area (Å²) in [7, 11) is 2.71. The number of piperidine rings is 1. The molecule has 0 atom stereocenters. The van der Waals surface area contributed by atoms with E-state index in [0.717, 1.165) is 27.9 Å². The van der Waals surface area contributed by atoms with Crippen molar-refractivity contribution in [3.05, 3.63) is 41.8 Å². The van der Waals surface area contributed by atoms with Crippen LogP contribution in [0.2, 0.25) is 0 Å². The molecule has 2 aromatic carbocycles. The lowest BCUT2D eigenvalue weighted by Crippen LogP contribution is -2.39. The Hall–Kier alpha value is -2.98. The number of ether oxygens (including phenoxy) is 4. The summed E-state index contributed by atoms with van der Waals surface area (Å²) in [4.78, 5) is 7.15. The number of anilines is 1. The van der Waals surface area contributed by atoms with E-state index in [2.05, 4.69) is 4.90 Å². The minimum absolute atomic E-state index is 0.205. The summed E-state index contributed by atoms with van der Waals surface area (Å²) in [5, 5.41) is 2.36. The normalized spacial score (nSPS) is 14.6. The molecule has 4 rings (SSSR count). The number of thiazole rings is 1. The fourth-order valence-electron chi connectivity index (χ4n) is 4.09. The van der Waals surface area contributed by atoms with E-state index in [-0.39, 0.29) is 4.90 Å². The molecule has 0 spiro atoms. The second-order valence-corrected chi connectivity index (χ2v) is 10.9. The molecule has 182 valence electrons. The van der Waals surface area contributed by atoms with Crippen molar-refractivity contribution in [2.45, 2.75) is 23.0 Å². The van der Waals surface area contributed by atoms with Gasteiger partial charge < -0.3 is 23.8 Å². The number of rotatable bonds is 8. The molecule has 0 radical (unpaired) electrons. The first-order chi connectivity index (χ1) is 16.4. The molecule has 0 saturated carbocycles. The van der Waals surface area contributed by atoms with Gasteiger partial charge in [-0.15, -0.1) is 11.3 Å². The van der Waals surface area contributed by atoms with Crippen LogP contribution < -0.4 is 23.8 Å². The highest BCUT2D eigenvalue weighted by Gasteiger charge is 2.34. The lowest BCUT2D eigenvalue weighted by Gasteiger charge is -2.31. The number of sulfone groups is 1. The third-order valence-electron chi connectivity index (χ3n) is 6.00. The van der Waals surface area contributed by atoms with Gasteiger partial charge in [-0.05, 0) is 43.2 Å². The summed E-state index contributed by atoms with van der Waals surface area (Å²) in [5.74, 6) is 2.30. The summed E-state index contributed by atoms with van der Waals surface area (Å²) < 4.78 is 48.1. The highest BCUT2D eigenvalue weighted by Crippen LogP contribution is 2.38. The molecule has 1 aromatic heterocycles. The van der Waals surface area contributed by atoms with Crippen LogP contribution in [0.5, 0.6) is 23.0 Å². The second kappa shape index (κ2) is 10.1. The molecule has 0 amide bonds. The fraction of sp³-hybridized carbons (Fsp3) is 0.375. The maximum absolute atomic E-state index is 13.4. The highest BCUT2D eigenvalue weighted by atomic mass is 32.2. The zero-order chi connectivity index (χ0) is 24.3. The van der Waals surface area contributed by atoms with Gasteiger partial charge in [-0.1, -0.05) is 0 Å². The Morgan fingerprint density at radius 2 is 1.53 bits per heavy atom. The summed E-state index contributed by atoms with van der Waals surface area (Å²) >= 11 is 1.53. The van der Waals surface area contributed by atoms with Crippen LogP contribution in [0, 0.1) is 0 Å². The molecule has 0 bridgehead atoms. The van der Waals surface area contributed by atoms with Gasteiger partial charge in [0.1, 0.15) is 27.9 Å². The molecule has 0 unspecified atom stereocenters. The zero-order valence-corrected chi connectivity index (χ0v) is 21.2.